The molecule has 0 saturated carbocycles. The Labute approximate surface area is 86.8 Å². The summed E-state index contributed by atoms with van der Waals surface area (Å²) in [5.74, 6) is -0.203. The normalized spacial score (nSPS) is 12.7. The smallest absolute Gasteiger partial charge is 0.254 e. The summed E-state index contributed by atoms with van der Waals surface area (Å²) in [7, 11) is 1.57. The van der Waals surface area contributed by atoms with Crippen LogP contribution in [0.25, 0.3) is 6.08 Å². The zero-order valence-electron chi connectivity index (χ0n) is 7.67. The van der Waals surface area contributed by atoms with Gasteiger partial charge in [0.2, 0.25) is 0 Å². The minimum Gasteiger partial charge on any atom is -0.355 e. The average molecular weight is 209 g/mol. The minimum absolute atomic E-state index is 0.203. The highest BCUT2D eigenvalue weighted by Gasteiger charge is 2.17. The highest BCUT2D eigenvalue weighted by atomic mass is 35.5. The number of nitrogens with one attached hydrogen (secondary N) is 1. The summed E-state index contributed by atoms with van der Waals surface area (Å²) in [6.45, 7) is 0. The van der Waals surface area contributed by atoms with Gasteiger partial charge in [0.1, 0.15) is 0 Å². The Balaban J connectivity index is 2.54. The third kappa shape index (κ3) is 1.30. The lowest BCUT2D eigenvalue weighted by atomic mass is 10.1. The van der Waals surface area contributed by atoms with E-state index in [0.717, 1.165) is 17.7 Å². The predicted molar refractivity (Wildman–Crippen MR) is 55.4 cm³/mol. The van der Waals surface area contributed by atoms with E-state index in [1.165, 1.54) is 6.20 Å². The summed E-state index contributed by atoms with van der Waals surface area (Å²) in [6.07, 6.45) is 6.20. The van der Waals surface area contributed by atoms with Crippen molar-refractivity contribution in [2.45, 2.75) is 6.42 Å². The van der Waals surface area contributed by atoms with Crippen molar-refractivity contribution in [3.05, 3.63) is 34.1 Å². The number of allylic oxidation sites excluding steroid dienone is 1. The van der Waals surface area contributed by atoms with E-state index >= 15 is 0 Å². The van der Waals surface area contributed by atoms with Gasteiger partial charge in [-0.15, -0.1) is 0 Å². The van der Waals surface area contributed by atoms with Crippen LogP contribution in [-0.4, -0.2) is 17.9 Å². The fourth-order valence-electron chi connectivity index (χ4n) is 1.45. The fourth-order valence-corrected chi connectivity index (χ4v) is 1.76. The minimum atomic E-state index is -0.203. The van der Waals surface area contributed by atoms with E-state index < -0.39 is 0 Å². The molecule has 0 unspecified atom stereocenters. The maximum atomic E-state index is 11.4. The van der Waals surface area contributed by atoms with Crippen LogP contribution in [0.1, 0.15) is 21.6 Å². The zero-order valence-corrected chi connectivity index (χ0v) is 8.43. The first-order valence-corrected chi connectivity index (χ1v) is 4.68. The second kappa shape index (κ2) is 3.42. The van der Waals surface area contributed by atoms with Crippen LogP contribution >= 0.6 is 11.6 Å². The molecule has 1 heterocycles. The second-order valence-corrected chi connectivity index (χ2v) is 3.41. The third-order valence-electron chi connectivity index (χ3n) is 2.20. The largest absolute Gasteiger partial charge is 0.355 e. The van der Waals surface area contributed by atoms with E-state index in [9.17, 15) is 4.79 Å². The van der Waals surface area contributed by atoms with E-state index in [-0.39, 0.29) is 5.91 Å². The van der Waals surface area contributed by atoms with Crippen molar-refractivity contribution in [1.29, 1.82) is 0 Å². The molecule has 1 aromatic rings. The molecule has 0 saturated heterocycles. The monoisotopic (exact) mass is 208 g/mol. The van der Waals surface area contributed by atoms with E-state index in [4.69, 9.17) is 11.6 Å². The van der Waals surface area contributed by atoms with Gasteiger partial charge in [0.05, 0.1) is 16.3 Å². The number of rotatable bonds is 1. The average Bonchev–Trinajstić information content (AvgIpc) is 2.66. The van der Waals surface area contributed by atoms with Crippen molar-refractivity contribution >= 4 is 23.6 Å². The molecule has 1 N–H and O–H groups in total. The molecule has 3 nitrogen and oxygen atoms in total. The Morgan fingerprint density at radius 2 is 2.43 bits per heavy atom. The van der Waals surface area contributed by atoms with Gasteiger partial charge in [0.15, 0.2) is 0 Å². The lowest BCUT2D eigenvalue weighted by Crippen LogP contribution is -2.19. The fraction of sp³-hybridized carbons (Fsp3) is 0.200. The SMILES string of the molecule is CNC(=O)c1cnc2c(c1Cl)C=CC2. The van der Waals surface area contributed by atoms with Crippen LogP contribution in [0.4, 0.5) is 0 Å². The molecule has 1 amide bonds. The van der Waals surface area contributed by atoms with Crippen molar-refractivity contribution in [2.75, 3.05) is 7.05 Å². The van der Waals surface area contributed by atoms with E-state index in [1.807, 2.05) is 12.2 Å². The number of amides is 1. The van der Waals surface area contributed by atoms with E-state index in [1.54, 1.807) is 7.05 Å². The molecule has 4 heteroatoms. The van der Waals surface area contributed by atoms with Crippen molar-refractivity contribution in [1.82, 2.24) is 10.3 Å². The number of nitrogens with zero attached hydrogens (tertiary/aromatic N) is 1. The number of carbonyl (C=O) groups excluding carboxylic acids is 1. The molecule has 1 aliphatic rings. The van der Waals surface area contributed by atoms with E-state index in [2.05, 4.69) is 10.3 Å². The van der Waals surface area contributed by atoms with Crippen LogP contribution in [-0.2, 0) is 6.42 Å². The molecule has 72 valence electrons. The van der Waals surface area contributed by atoms with Crippen LogP contribution in [0.15, 0.2) is 12.3 Å². The first-order valence-electron chi connectivity index (χ1n) is 4.30. The van der Waals surface area contributed by atoms with Crippen molar-refractivity contribution in [3.63, 3.8) is 0 Å². The molecular weight excluding hydrogens is 200 g/mol. The highest BCUT2D eigenvalue weighted by molar-refractivity contribution is 6.35. The molecule has 1 aromatic heterocycles. The Morgan fingerprint density at radius 1 is 1.64 bits per heavy atom. The first-order chi connectivity index (χ1) is 6.74. The van der Waals surface area contributed by atoms with Gasteiger partial charge >= 0.3 is 0 Å². The van der Waals surface area contributed by atoms with Gasteiger partial charge in [-0.25, -0.2) is 0 Å². The Kier molecular flexibility index (Phi) is 2.25. The number of hydrogen-bond acceptors (Lipinski definition) is 2. The van der Waals surface area contributed by atoms with Crippen LogP contribution in [0.2, 0.25) is 5.02 Å². The summed E-state index contributed by atoms with van der Waals surface area (Å²) in [5.41, 5.74) is 2.23. The molecule has 0 radical (unpaired) electrons. The van der Waals surface area contributed by atoms with Crippen molar-refractivity contribution in [3.8, 4) is 0 Å². The number of halogens is 1. The van der Waals surface area contributed by atoms with Gasteiger partial charge < -0.3 is 5.32 Å². The molecule has 0 bridgehead atoms. The van der Waals surface area contributed by atoms with E-state index in [0.29, 0.717) is 10.6 Å². The van der Waals surface area contributed by atoms with Gasteiger partial charge in [-0.05, 0) is 0 Å². The molecule has 14 heavy (non-hydrogen) atoms. The number of fused-ring (bicyclic) bond motifs is 1. The van der Waals surface area contributed by atoms with Crippen LogP contribution in [0, 0.1) is 0 Å². The molecular formula is C10H9ClN2O. The first kappa shape index (κ1) is 9.21. The Hall–Kier alpha value is -1.35. The topological polar surface area (TPSA) is 42.0 Å². The quantitative estimate of drug-likeness (QED) is 0.763. The number of carbonyl (C=O) groups is 1. The number of hydrogen-bond donors (Lipinski definition) is 1. The number of aromatic nitrogens is 1. The van der Waals surface area contributed by atoms with Crippen LogP contribution < -0.4 is 5.32 Å². The summed E-state index contributed by atoms with van der Waals surface area (Å²) in [5, 5.41) is 3.01. The van der Waals surface area contributed by atoms with Gasteiger partial charge in [0, 0.05) is 25.2 Å². The molecule has 1 aliphatic carbocycles. The lowest BCUT2D eigenvalue weighted by molar-refractivity contribution is 0.0963. The molecule has 0 aromatic carbocycles. The highest BCUT2D eigenvalue weighted by Crippen LogP contribution is 2.28. The lowest BCUT2D eigenvalue weighted by Gasteiger charge is -2.06. The van der Waals surface area contributed by atoms with Gasteiger partial charge in [0.25, 0.3) is 5.91 Å². The number of pyridine rings is 1. The van der Waals surface area contributed by atoms with Crippen LogP contribution in [0.5, 0.6) is 0 Å². The second-order valence-electron chi connectivity index (χ2n) is 3.03. The maximum absolute atomic E-state index is 11.4. The maximum Gasteiger partial charge on any atom is 0.254 e. The van der Waals surface area contributed by atoms with Gasteiger partial charge in [-0.1, -0.05) is 23.8 Å². The Bertz CT molecular complexity index is 426. The van der Waals surface area contributed by atoms with Gasteiger partial charge in [-0.3, -0.25) is 9.78 Å². The van der Waals surface area contributed by atoms with Crippen LogP contribution in [0.3, 0.4) is 0 Å². The van der Waals surface area contributed by atoms with Gasteiger partial charge in [-0.2, -0.15) is 0 Å². The molecule has 2 rings (SSSR count). The zero-order chi connectivity index (χ0) is 10.1. The predicted octanol–water partition coefficient (Wildman–Crippen LogP) is 1.66. The molecule has 0 fully saturated rings. The molecule has 0 spiro atoms. The van der Waals surface area contributed by atoms with Crippen molar-refractivity contribution < 1.29 is 4.79 Å². The molecule has 0 atom stereocenters. The standard InChI is InChI=1S/C10H9ClN2O/c1-12-10(14)7-5-13-8-4-2-3-6(8)9(7)11/h2-3,5H,4H2,1H3,(H,12,14). The third-order valence-corrected chi connectivity index (χ3v) is 2.61. The van der Waals surface area contributed by atoms with Crippen molar-refractivity contribution in [2.24, 2.45) is 0 Å². The molecule has 0 aliphatic heterocycles. The summed E-state index contributed by atoms with van der Waals surface area (Å²) in [4.78, 5) is 15.6. The summed E-state index contributed by atoms with van der Waals surface area (Å²) < 4.78 is 0. The summed E-state index contributed by atoms with van der Waals surface area (Å²) in [6, 6.07) is 0. The summed E-state index contributed by atoms with van der Waals surface area (Å²) >= 11 is 6.08. The Morgan fingerprint density at radius 3 is 3.14 bits per heavy atom.